The molecular formula is C28H50O8. The summed E-state index contributed by atoms with van der Waals surface area (Å²) >= 11 is 0. The molecule has 0 spiro atoms. The summed E-state index contributed by atoms with van der Waals surface area (Å²) in [5.41, 5.74) is -2.68. The molecule has 0 rings (SSSR count). The highest BCUT2D eigenvalue weighted by molar-refractivity contribution is 6.05. The molecule has 8 heteroatoms. The molecule has 8 nitrogen and oxygen atoms in total. The fraction of sp³-hybridized carbons (Fsp3) is 0.857. The Balaban J connectivity index is 3.98. The Labute approximate surface area is 217 Å². The van der Waals surface area contributed by atoms with Crippen LogP contribution in [0.4, 0.5) is 0 Å². The van der Waals surface area contributed by atoms with Crippen LogP contribution >= 0.6 is 0 Å². The first-order valence-corrected chi connectivity index (χ1v) is 13.8. The van der Waals surface area contributed by atoms with Gasteiger partial charge in [0.05, 0.1) is 27.2 Å². The highest BCUT2D eigenvalue weighted by Crippen LogP contribution is 2.27. The topological polar surface area (TPSA) is 116 Å². The summed E-state index contributed by atoms with van der Waals surface area (Å²) in [6, 6.07) is 0. The van der Waals surface area contributed by atoms with Crippen LogP contribution in [-0.4, -0.2) is 55.2 Å². The quantitative estimate of drug-likeness (QED) is 0.0826. The molecule has 210 valence electrons. The zero-order valence-corrected chi connectivity index (χ0v) is 23.1. The highest BCUT2D eigenvalue weighted by Gasteiger charge is 2.54. The van der Waals surface area contributed by atoms with Crippen LogP contribution in [-0.2, 0) is 33.4 Å². The maximum Gasteiger partial charge on any atom is 0.339 e. The van der Waals surface area contributed by atoms with Gasteiger partial charge in [-0.1, -0.05) is 103 Å². The molecule has 1 N–H and O–H groups in total. The van der Waals surface area contributed by atoms with E-state index in [-0.39, 0.29) is 6.61 Å². The molecule has 0 aromatic rings. The first-order chi connectivity index (χ1) is 17.2. The van der Waals surface area contributed by atoms with Gasteiger partial charge < -0.3 is 19.3 Å². The van der Waals surface area contributed by atoms with Crippen LogP contribution in [0.3, 0.4) is 0 Å². The van der Waals surface area contributed by atoms with Gasteiger partial charge in [0.1, 0.15) is 5.78 Å². The number of carbonyl (C=O) groups is 4. The third-order valence-electron chi connectivity index (χ3n) is 6.53. The molecule has 0 fully saturated rings. The molecule has 2 atom stereocenters. The van der Waals surface area contributed by atoms with Gasteiger partial charge >= 0.3 is 17.9 Å². The van der Waals surface area contributed by atoms with Gasteiger partial charge in [-0.15, -0.1) is 0 Å². The Morgan fingerprint density at radius 1 is 0.694 bits per heavy atom. The second-order valence-corrected chi connectivity index (χ2v) is 9.68. The number of ketones is 1. The van der Waals surface area contributed by atoms with Gasteiger partial charge in [-0.05, 0) is 13.3 Å². The summed E-state index contributed by atoms with van der Waals surface area (Å²) in [5.74, 6) is -5.98. The van der Waals surface area contributed by atoms with Crippen molar-refractivity contribution < 1.29 is 38.5 Å². The molecule has 0 radical (unpaired) electrons. The molecule has 0 bridgehead atoms. The molecule has 0 amide bonds. The van der Waals surface area contributed by atoms with Gasteiger partial charge in [0, 0.05) is 0 Å². The lowest BCUT2D eigenvalue weighted by molar-refractivity contribution is -0.184. The van der Waals surface area contributed by atoms with Gasteiger partial charge in [0.2, 0.25) is 0 Å². The number of esters is 3. The Morgan fingerprint density at radius 2 is 1.11 bits per heavy atom. The zero-order chi connectivity index (χ0) is 27.2. The van der Waals surface area contributed by atoms with Crippen molar-refractivity contribution in [3.05, 3.63) is 0 Å². The lowest BCUT2D eigenvalue weighted by atomic mass is 9.82. The van der Waals surface area contributed by atoms with Crippen molar-refractivity contribution >= 4 is 23.7 Å². The third-order valence-corrected chi connectivity index (χ3v) is 6.53. The minimum absolute atomic E-state index is 0.136. The van der Waals surface area contributed by atoms with Crippen molar-refractivity contribution in [3.63, 3.8) is 0 Å². The van der Waals surface area contributed by atoms with E-state index in [1.165, 1.54) is 77.0 Å². The van der Waals surface area contributed by atoms with Crippen LogP contribution in [0.2, 0.25) is 0 Å². The summed E-state index contributed by atoms with van der Waals surface area (Å²) in [7, 11) is 2.01. The number of hydrogen-bond donors (Lipinski definition) is 1. The summed E-state index contributed by atoms with van der Waals surface area (Å²) < 4.78 is 14.2. The Kier molecular flexibility index (Phi) is 20.0. The van der Waals surface area contributed by atoms with Crippen molar-refractivity contribution in [1.29, 1.82) is 0 Å². The van der Waals surface area contributed by atoms with Crippen molar-refractivity contribution in [1.82, 2.24) is 0 Å². The molecule has 0 heterocycles. The van der Waals surface area contributed by atoms with E-state index in [0.717, 1.165) is 40.4 Å². The minimum atomic E-state index is -2.68. The molecule has 0 aromatic heterocycles. The first kappa shape index (κ1) is 34.0. The molecule has 0 aliphatic carbocycles. The van der Waals surface area contributed by atoms with E-state index in [1.807, 2.05) is 0 Å². The number of unbranched alkanes of at least 4 members (excludes halogenated alkanes) is 15. The van der Waals surface area contributed by atoms with Crippen molar-refractivity contribution in [2.75, 3.05) is 20.8 Å². The molecule has 0 saturated carbocycles. The van der Waals surface area contributed by atoms with E-state index in [4.69, 9.17) is 4.74 Å². The van der Waals surface area contributed by atoms with Crippen molar-refractivity contribution in [3.8, 4) is 0 Å². The fourth-order valence-electron chi connectivity index (χ4n) is 4.39. The first-order valence-electron chi connectivity index (χ1n) is 13.8. The Morgan fingerprint density at radius 3 is 1.47 bits per heavy atom. The molecule has 0 aliphatic heterocycles. The predicted molar refractivity (Wildman–Crippen MR) is 138 cm³/mol. The molecule has 36 heavy (non-hydrogen) atoms. The van der Waals surface area contributed by atoms with Crippen LogP contribution in [0.25, 0.3) is 0 Å². The van der Waals surface area contributed by atoms with Gasteiger partial charge in [-0.2, -0.15) is 0 Å². The van der Waals surface area contributed by atoms with E-state index in [9.17, 15) is 24.3 Å². The smallest absolute Gasteiger partial charge is 0.339 e. The van der Waals surface area contributed by atoms with E-state index in [0.29, 0.717) is 6.42 Å². The molecule has 0 aromatic carbocycles. The van der Waals surface area contributed by atoms with Crippen LogP contribution in [0, 0.1) is 5.92 Å². The maximum atomic E-state index is 12.2. The van der Waals surface area contributed by atoms with Crippen LogP contribution in [0.5, 0.6) is 0 Å². The fourth-order valence-corrected chi connectivity index (χ4v) is 4.39. The number of methoxy groups -OCH3 is 2. The predicted octanol–water partition coefficient (Wildman–Crippen LogP) is 5.46. The van der Waals surface area contributed by atoms with Gasteiger partial charge in [-0.3, -0.25) is 14.4 Å². The zero-order valence-electron chi connectivity index (χ0n) is 23.1. The minimum Gasteiger partial charge on any atom is -0.468 e. The number of carbonyl (C=O) groups excluding carboxylic acids is 4. The average Bonchev–Trinajstić information content (AvgIpc) is 2.84. The summed E-state index contributed by atoms with van der Waals surface area (Å²) in [4.78, 5) is 48.2. The van der Waals surface area contributed by atoms with Gasteiger partial charge in [0.25, 0.3) is 0 Å². The van der Waals surface area contributed by atoms with Crippen LogP contribution < -0.4 is 0 Å². The number of rotatable bonds is 23. The number of aliphatic hydroxyl groups is 1. The molecule has 0 saturated heterocycles. The Hall–Kier alpha value is -1.96. The van der Waals surface area contributed by atoms with E-state index in [1.54, 1.807) is 0 Å². The van der Waals surface area contributed by atoms with E-state index in [2.05, 4.69) is 16.4 Å². The van der Waals surface area contributed by atoms with Gasteiger partial charge in [0.15, 0.2) is 11.5 Å². The second-order valence-electron chi connectivity index (χ2n) is 9.68. The SMILES string of the molecule is CCCCCCCCCCCCCCCCCCOC(=O)CC(O)(C(=O)OC)C(C(C)=O)C(=O)OC. The molecule has 0 aliphatic rings. The summed E-state index contributed by atoms with van der Waals surface area (Å²) in [6.45, 7) is 3.41. The monoisotopic (exact) mass is 514 g/mol. The average molecular weight is 515 g/mol. The standard InChI is InChI=1S/C28H50O8/c1-5-6-7-8-9-10-11-12-13-14-15-16-17-18-19-20-21-36-24(30)22-28(33,27(32)35-4)25(23(2)29)26(31)34-3/h25,33H,5-22H2,1-4H3. The van der Waals surface area contributed by atoms with Crippen LogP contribution in [0.1, 0.15) is 123 Å². The summed E-state index contributed by atoms with van der Waals surface area (Å²) in [5, 5.41) is 10.7. The normalized spacial score (nSPS) is 13.5. The lowest BCUT2D eigenvalue weighted by Crippen LogP contribution is -2.54. The van der Waals surface area contributed by atoms with E-state index >= 15 is 0 Å². The van der Waals surface area contributed by atoms with Gasteiger partial charge in [-0.25, -0.2) is 4.79 Å². The van der Waals surface area contributed by atoms with Crippen molar-refractivity contribution in [2.45, 2.75) is 129 Å². The number of ether oxygens (including phenoxy) is 3. The second kappa shape index (κ2) is 21.2. The summed E-state index contributed by atoms with van der Waals surface area (Å²) in [6.07, 6.45) is 18.9. The van der Waals surface area contributed by atoms with E-state index < -0.39 is 41.6 Å². The third kappa shape index (κ3) is 14.6. The Bertz CT molecular complexity index is 633. The molecule has 2 unspecified atom stereocenters. The lowest BCUT2D eigenvalue weighted by Gasteiger charge is -2.29. The molecular weight excluding hydrogens is 464 g/mol. The maximum absolute atomic E-state index is 12.2. The van der Waals surface area contributed by atoms with Crippen molar-refractivity contribution in [2.24, 2.45) is 5.92 Å². The number of hydrogen-bond acceptors (Lipinski definition) is 8. The highest BCUT2D eigenvalue weighted by atomic mass is 16.6. The number of Topliss-reactive ketones (excluding diaryl/α,β-unsaturated/α-hetero) is 1. The van der Waals surface area contributed by atoms with Crippen LogP contribution in [0.15, 0.2) is 0 Å². The largest absolute Gasteiger partial charge is 0.468 e.